The van der Waals surface area contributed by atoms with E-state index in [-0.39, 0.29) is 38.6 Å². The lowest BCUT2D eigenvalue weighted by Gasteiger charge is -2.19. The molecule has 0 saturated heterocycles. The Morgan fingerprint density at radius 3 is 1.02 bits per heavy atom. The van der Waals surface area contributed by atoms with Crippen molar-refractivity contribution in [2.75, 3.05) is 26.4 Å². The first-order valence-electron chi connectivity index (χ1n) is 32.3. The minimum atomic E-state index is -4.40. The number of nitrogens with two attached hydrogens (primary N) is 1. The zero-order valence-corrected chi connectivity index (χ0v) is 52.4. The van der Waals surface area contributed by atoms with Crippen LogP contribution >= 0.6 is 7.82 Å². The van der Waals surface area contributed by atoms with Crippen LogP contribution < -0.4 is 5.73 Å². The summed E-state index contributed by atoms with van der Waals surface area (Å²) in [5, 5.41) is 0. The van der Waals surface area contributed by atoms with Crippen molar-refractivity contribution in [1.82, 2.24) is 0 Å². The number of esters is 2. The molecule has 0 amide bonds. The number of hydrogen-bond acceptors (Lipinski definition) is 8. The molecule has 0 heterocycles. The molecule has 0 rings (SSSR count). The van der Waals surface area contributed by atoms with Gasteiger partial charge in [0.25, 0.3) is 0 Å². The number of carbonyl (C=O) groups is 2. The molecule has 2 atom stereocenters. The summed E-state index contributed by atoms with van der Waals surface area (Å²) in [4.78, 5) is 35.2. The van der Waals surface area contributed by atoms with Crippen molar-refractivity contribution in [2.45, 2.75) is 264 Å². The summed E-state index contributed by atoms with van der Waals surface area (Å²) in [5.41, 5.74) is 5.39. The Hall–Kier alpha value is -4.11. The van der Waals surface area contributed by atoms with Gasteiger partial charge < -0.3 is 20.1 Å². The van der Waals surface area contributed by atoms with Crippen molar-refractivity contribution in [1.29, 1.82) is 0 Å². The smallest absolute Gasteiger partial charge is 0.462 e. The van der Waals surface area contributed by atoms with Crippen LogP contribution in [-0.4, -0.2) is 49.3 Å². The van der Waals surface area contributed by atoms with Crippen molar-refractivity contribution in [2.24, 2.45) is 5.73 Å². The molecule has 0 aromatic rings. The first kappa shape index (κ1) is 76.9. The molecule has 0 aromatic heterocycles. The number of hydrogen-bond donors (Lipinski definition) is 2. The van der Waals surface area contributed by atoms with E-state index >= 15 is 0 Å². The lowest BCUT2D eigenvalue weighted by molar-refractivity contribution is -0.161. The third kappa shape index (κ3) is 64.9. The molecule has 2 unspecified atom stereocenters. The quantitative estimate of drug-likeness (QED) is 0.0264. The van der Waals surface area contributed by atoms with E-state index < -0.39 is 26.5 Å². The fourth-order valence-corrected chi connectivity index (χ4v) is 9.22. The standard InChI is InChI=1S/C71H118NO8P/c1-3-5-7-9-11-13-15-17-19-21-23-24-25-26-27-28-29-30-31-32-33-34-35-36-37-38-39-40-41-42-43-44-46-48-50-52-54-56-58-60-62-64-71(74)80-69(68-79-81(75,76)78-66-65-72)67-77-70(73)63-61-59-57-55-53-51-49-47-45-22-20-18-16-14-12-10-8-6-4-2/h5,7,11,13,17-20,23-24,26-27,29-30,32-33,35-36,38-39,41-42,44,46,69H,3-4,6,8-10,12,14-16,21-22,25,28,31,34,37,40,43,45,47-68,72H2,1-2H3,(H,75,76)/b7-5-,13-11-,19-17-,20-18-,24-23-,27-26-,30-29-,33-32-,36-35-,39-38-,42-41-,46-44-. The fourth-order valence-electron chi connectivity index (χ4n) is 8.46. The summed E-state index contributed by atoms with van der Waals surface area (Å²) < 4.78 is 33.1. The van der Waals surface area contributed by atoms with E-state index in [0.717, 1.165) is 122 Å². The Kier molecular flexibility index (Phi) is 61.7. The molecule has 81 heavy (non-hydrogen) atoms. The molecule has 460 valence electrons. The maximum absolute atomic E-state index is 12.7. The Balaban J connectivity index is 4.00. The van der Waals surface area contributed by atoms with E-state index in [2.05, 4.69) is 160 Å². The first-order valence-corrected chi connectivity index (χ1v) is 33.8. The lowest BCUT2D eigenvalue weighted by Crippen LogP contribution is -2.29. The summed E-state index contributed by atoms with van der Waals surface area (Å²) in [7, 11) is -4.40. The van der Waals surface area contributed by atoms with Crippen LogP contribution in [0.4, 0.5) is 0 Å². The van der Waals surface area contributed by atoms with Crippen LogP contribution in [0.2, 0.25) is 0 Å². The van der Waals surface area contributed by atoms with Crippen molar-refractivity contribution >= 4 is 19.8 Å². The second kappa shape index (κ2) is 65.0. The predicted octanol–water partition coefficient (Wildman–Crippen LogP) is 21.1. The van der Waals surface area contributed by atoms with Crippen LogP contribution in [0.5, 0.6) is 0 Å². The van der Waals surface area contributed by atoms with Gasteiger partial charge in [-0.2, -0.15) is 0 Å². The number of phosphoric acid groups is 1. The molecule has 0 saturated carbocycles. The van der Waals surface area contributed by atoms with Crippen molar-refractivity contribution < 1.29 is 37.6 Å². The molecule has 9 nitrogen and oxygen atoms in total. The Morgan fingerprint density at radius 1 is 0.383 bits per heavy atom. The summed E-state index contributed by atoms with van der Waals surface area (Å²) in [6, 6.07) is 0. The molecule has 0 fully saturated rings. The van der Waals surface area contributed by atoms with Gasteiger partial charge in [-0.1, -0.05) is 269 Å². The van der Waals surface area contributed by atoms with Crippen LogP contribution in [0, 0.1) is 0 Å². The number of unbranched alkanes of at least 4 members (excludes halogenated alkanes) is 22. The van der Waals surface area contributed by atoms with Gasteiger partial charge in [-0.15, -0.1) is 0 Å². The van der Waals surface area contributed by atoms with Crippen molar-refractivity contribution in [3.8, 4) is 0 Å². The zero-order chi connectivity index (χ0) is 58.7. The maximum Gasteiger partial charge on any atom is 0.472 e. The highest BCUT2D eigenvalue weighted by Crippen LogP contribution is 2.43. The van der Waals surface area contributed by atoms with Gasteiger partial charge in [0.05, 0.1) is 13.2 Å². The molecular weight excluding hydrogens is 1030 g/mol. The molecule has 10 heteroatoms. The number of carbonyl (C=O) groups excluding carboxylic acids is 2. The van der Waals surface area contributed by atoms with Crippen molar-refractivity contribution in [3.05, 3.63) is 146 Å². The average molecular weight is 1140 g/mol. The molecule has 0 aliphatic rings. The molecular formula is C71H118NO8P. The molecule has 0 bridgehead atoms. The molecule has 3 N–H and O–H groups in total. The number of rotatable bonds is 59. The van der Waals surface area contributed by atoms with Gasteiger partial charge in [0, 0.05) is 19.4 Å². The summed E-state index contributed by atoms with van der Waals surface area (Å²) in [6.07, 6.45) is 93.4. The van der Waals surface area contributed by atoms with E-state index in [1.54, 1.807) is 0 Å². The monoisotopic (exact) mass is 1140 g/mol. The molecule has 0 aromatic carbocycles. The summed E-state index contributed by atoms with van der Waals surface area (Å²) in [6.45, 7) is 3.61. The van der Waals surface area contributed by atoms with E-state index in [1.807, 2.05) is 0 Å². The van der Waals surface area contributed by atoms with Gasteiger partial charge in [-0.05, 0) is 122 Å². The second-order valence-electron chi connectivity index (χ2n) is 20.9. The van der Waals surface area contributed by atoms with Crippen LogP contribution in [0.25, 0.3) is 0 Å². The molecule has 0 aliphatic heterocycles. The van der Waals surface area contributed by atoms with Crippen LogP contribution in [0.3, 0.4) is 0 Å². The number of allylic oxidation sites excluding steroid dienone is 24. The maximum atomic E-state index is 12.7. The fraction of sp³-hybridized carbons (Fsp3) is 0.634. The van der Waals surface area contributed by atoms with E-state index in [9.17, 15) is 19.0 Å². The minimum absolute atomic E-state index is 0.0448. The highest BCUT2D eigenvalue weighted by molar-refractivity contribution is 7.47. The second-order valence-corrected chi connectivity index (χ2v) is 22.3. The predicted molar refractivity (Wildman–Crippen MR) is 348 cm³/mol. The summed E-state index contributed by atoms with van der Waals surface area (Å²) >= 11 is 0. The first-order chi connectivity index (χ1) is 39.8. The lowest BCUT2D eigenvalue weighted by atomic mass is 10.1. The van der Waals surface area contributed by atoms with Gasteiger partial charge in [-0.3, -0.25) is 18.6 Å². The van der Waals surface area contributed by atoms with Crippen LogP contribution in [0.1, 0.15) is 258 Å². The molecule has 0 spiro atoms. The van der Waals surface area contributed by atoms with Gasteiger partial charge >= 0.3 is 19.8 Å². The molecule has 0 aliphatic carbocycles. The minimum Gasteiger partial charge on any atom is -0.462 e. The van der Waals surface area contributed by atoms with E-state index in [1.165, 1.54) is 103 Å². The third-order valence-corrected chi connectivity index (χ3v) is 14.2. The zero-order valence-electron chi connectivity index (χ0n) is 51.5. The van der Waals surface area contributed by atoms with E-state index in [0.29, 0.717) is 6.42 Å². The Labute approximate surface area is 496 Å². The number of ether oxygens (including phenoxy) is 2. The topological polar surface area (TPSA) is 134 Å². The SMILES string of the molecule is CC/C=C\C/C=C\C/C=C\C/C=C\C/C=C\C/C=C\C/C=C\C/C=C\C/C=C\C/C=C\C/C=C\CCCCCCCCCC(=O)OC(COC(=O)CCCCCCCCCCC/C=C\CCCCCCCC)COP(=O)(O)OCCN. The normalized spacial score (nSPS) is 14.0. The summed E-state index contributed by atoms with van der Waals surface area (Å²) in [5.74, 6) is -0.848. The van der Waals surface area contributed by atoms with Gasteiger partial charge in [-0.25, -0.2) is 4.57 Å². The largest absolute Gasteiger partial charge is 0.472 e. The van der Waals surface area contributed by atoms with Crippen molar-refractivity contribution in [3.63, 3.8) is 0 Å². The highest BCUT2D eigenvalue weighted by atomic mass is 31.2. The van der Waals surface area contributed by atoms with Crippen LogP contribution in [-0.2, 0) is 32.7 Å². The van der Waals surface area contributed by atoms with Gasteiger partial charge in [0.1, 0.15) is 6.61 Å². The molecule has 0 radical (unpaired) electrons. The Morgan fingerprint density at radius 2 is 0.679 bits per heavy atom. The highest BCUT2D eigenvalue weighted by Gasteiger charge is 2.26. The average Bonchev–Trinajstić information content (AvgIpc) is 3.46. The Bertz CT molecular complexity index is 1830. The van der Waals surface area contributed by atoms with Gasteiger partial charge in [0.2, 0.25) is 0 Å². The van der Waals surface area contributed by atoms with Crippen LogP contribution in [0.15, 0.2) is 146 Å². The third-order valence-electron chi connectivity index (χ3n) is 13.2. The van der Waals surface area contributed by atoms with Gasteiger partial charge in [0.15, 0.2) is 6.10 Å². The van der Waals surface area contributed by atoms with E-state index in [4.69, 9.17) is 24.3 Å². The number of phosphoric ester groups is 1.